The van der Waals surface area contributed by atoms with Crippen molar-refractivity contribution in [1.29, 1.82) is 0 Å². The van der Waals surface area contributed by atoms with Gasteiger partial charge < -0.3 is 4.84 Å². The summed E-state index contributed by atoms with van der Waals surface area (Å²) in [5.41, 5.74) is 5.36. The van der Waals surface area contributed by atoms with Crippen LogP contribution in [0.5, 0.6) is 0 Å². The van der Waals surface area contributed by atoms with E-state index in [1.165, 1.54) is 11.1 Å². The van der Waals surface area contributed by atoms with E-state index in [1.807, 2.05) is 6.08 Å². The monoisotopic (exact) mass is 199 g/mol. The van der Waals surface area contributed by atoms with Gasteiger partial charge in [-0.25, -0.2) is 5.48 Å². The lowest BCUT2D eigenvalue weighted by Crippen LogP contribution is -2.01. The van der Waals surface area contributed by atoms with Gasteiger partial charge in [0.05, 0.1) is 0 Å². The summed E-state index contributed by atoms with van der Waals surface area (Å²) in [6.07, 6.45) is 12.4. The van der Waals surface area contributed by atoms with E-state index in [9.17, 15) is 0 Å². The molecule has 0 bridgehead atoms. The molecule has 76 valence electrons. The number of nitrogens with one attached hydrogen (secondary N) is 1. The summed E-state index contributed by atoms with van der Waals surface area (Å²) in [7, 11) is 0. The summed E-state index contributed by atoms with van der Waals surface area (Å²) in [5, 5.41) is 0. The van der Waals surface area contributed by atoms with Crippen molar-refractivity contribution in [2.45, 2.75) is 6.42 Å². The first-order valence-corrected chi connectivity index (χ1v) is 4.94. The lowest BCUT2D eigenvalue weighted by Gasteiger charge is -1.97. The third-order valence-corrected chi connectivity index (χ3v) is 2.18. The Morgan fingerprint density at radius 3 is 2.67 bits per heavy atom. The predicted octanol–water partition coefficient (Wildman–Crippen LogP) is 2.80. The summed E-state index contributed by atoms with van der Waals surface area (Å²) in [4.78, 5) is 4.55. The molecule has 0 fully saturated rings. The van der Waals surface area contributed by atoms with Crippen molar-refractivity contribution in [2.24, 2.45) is 0 Å². The molecule has 2 heteroatoms. The van der Waals surface area contributed by atoms with Crippen LogP contribution in [-0.2, 0) is 11.3 Å². The van der Waals surface area contributed by atoms with E-state index in [2.05, 4.69) is 46.7 Å². The maximum absolute atomic E-state index is 4.55. The van der Waals surface area contributed by atoms with E-state index in [-0.39, 0.29) is 0 Å². The van der Waals surface area contributed by atoms with Gasteiger partial charge in [0, 0.05) is 6.20 Å². The SMILES string of the molecule is C1=CNOC=C1.C1=Cc2ccccc2C1. The number of fused-ring (bicyclic) bond motifs is 1. The first kappa shape index (κ1) is 9.59. The molecule has 0 aromatic heterocycles. The van der Waals surface area contributed by atoms with Gasteiger partial charge in [-0.05, 0) is 29.7 Å². The van der Waals surface area contributed by atoms with Crippen LogP contribution in [0.3, 0.4) is 0 Å². The van der Waals surface area contributed by atoms with Crippen LogP contribution in [0, 0.1) is 0 Å². The summed E-state index contributed by atoms with van der Waals surface area (Å²) in [6, 6.07) is 8.49. The van der Waals surface area contributed by atoms with Gasteiger partial charge in [-0.2, -0.15) is 0 Å². The maximum atomic E-state index is 4.55. The average molecular weight is 199 g/mol. The van der Waals surface area contributed by atoms with Gasteiger partial charge in [0.15, 0.2) is 0 Å². The fourth-order valence-corrected chi connectivity index (χ4v) is 1.45. The molecule has 1 aromatic carbocycles. The summed E-state index contributed by atoms with van der Waals surface area (Å²) < 4.78 is 0. The lowest BCUT2D eigenvalue weighted by atomic mass is 10.1. The van der Waals surface area contributed by atoms with Gasteiger partial charge in [0.1, 0.15) is 6.26 Å². The zero-order valence-corrected chi connectivity index (χ0v) is 8.39. The minimum Gasteiger partial charge on any atom is -0.391 e. The quantitative estimate of drug-likeness (QED) is 0.693. The highest BCUT2D eigenvalue weighted by Gasteiger charge is 2.00. The molecule has 15 heavy (non-hydrogen) atoms. The fourth-order valence-electron chi connectivity index (χ4n) is 1.45. The fraction of sp³-hybridized carbons (Fsp3) is 0.0769. The number of hydroxylamine groups is 1. The molecule has 0 atom stereocenters. The smallest absolute Gasteiger partial charge is 0.119 e. The zero-order valence-electron chi connectivity index (χ0n) is 8.39. The topological polar surface area (TPSA) is 21.3 Å². The summed E-state index contributed by atoms with van der Waals surface area (Å²) in [6.45, 7) is 0. The third kappa shape index (κ3) is 2.74. The van der Waals surface area contributed by atoms with E-state index in [0.717, 1.165) is 6.42 Å². The highest BCUT2D eigenvalue weighted by atomic mass is 16.6. The van der Waals surface area contributed by atoms with Gasteiger partial charge in [0.2, 0.25) is 0 Å². The number of hydrogen-bond donors (Lipinski definition) is 1. The second-order valence-corrected chi connectivity index (χ2v) is 3.23. The second-order valence-electron chi connectivity index (χ2n) is 3.23. The van der Waals surface area contributed by atoms with Crippen molar-refractivity contribution in [3.8, 4) is 0 Å². The van der Waals surface area contributed by atoms with E-state index < -0.39 is 0 Å². The van der Waals surface area contributed by atoms with Crippen LogP contribution in [0.25, 0.3) is 6.08 Å². The van der Waals surface area contributed by atoms with Crippen LogP contribution in [-0.4, -0.2) is 0 Å². The summed E-state index contributed by atoms with van der Waals surface area (Å²) in [5.74, 6) is 0. The van der Waals surface area contributed by atoms with Crippen molar-refractivity contribution in [2.75, 3.05) is 0 Å². The van der Waals surface area contributed by atoms with Gasteiger partial charge in [-0.3, -0.25) is 0 Å². The van der Waals surface area contributed by atoms with Gasteiger partial charge in [-0.1, -0.05) is 36.4 Å². The number of rotatable bonds is 0. The summed E-state index contributed by atoms with van der Waals surface area (Å²) >= 11 is 0. The highest BCUT2D eigenvalue weighted by molar-refractivity contribution is 5.59. The molecule has 1 aliphatic heterocycles. The van der Waals surface area contributed by atoms with Crippen molar-refractivity contribution in [3.63, 3.8) is 0 Å². The maximum Gasteiger partial charge on any atom is 0.119 e. The van der Waals surface area contributed by atoms with Crippen LogP contribution in [0.2, 0.25) is 0 Å². The van der Waals surface area contributed by atoms with Crippen molar-refractivity contribution in [3.05, 3.63) is 66.1 Å². The molecule has 2 aliphatic rings. The number of hydrogen-bond acceptors (Lipinski definition) is 2. The van der Waals surface area contributed by atoms with E-state index >= 15 is 0 Å². The van der Waals surface area contributed by atoms with E-state index in [4.69, 9.17) is 0 Å². The molecule has 3 rings (SSSR count). The Bertz CT molecular complexity index is 393. The van der Waals surface area contributed by atoms with Gasteiger partial charge >= 0.3 is 0 Å². The molecular formula is C13H13NO. The standard InChI is InChI=1S/C9H8.C4H5NO/c1-2-5-9-7-3-6-8(9)4-1;1-2-4-6-5-3-1/h1-6H,7H2;1-5H. The Labute approximate surface area is 89.5 Å². The van der Waals surface area contributed by atoms with Gasteiger partial charge in [-0.15, -0.1) is 0 Å². The third-order valence-electron chi connectivity index (χ3n) is 2.18. The lowest BCUT2D eigenvalue weighted by molar-refractivity contribution is 0.172. The Hall–Kier alpha value is -1.96. The molecular weight excluding hydrogens is 186 g/mol. The largest absolute Gasteiger partial charge is 0.391 e. The molecule has 1 aliphatic carbocycles. The first-order valence-electron chi connectivity index (χ1n) is 4.94. The molecule has 0 spiro atoms. The molecule has 0 radical (unpaired) electrons. The molecule has 0 unspecified atom stereocenters. The Kier molecular flexibility index (Phi) is 3.23. The molecule has 1 heterocycles. The minimum absolute atomic E-state index is 1.12. The Morgan fingerprint density at radius 1 is 1.13 bits per heavy atom. The molecule has 1 N–H and O–H groups in total. The van der Waals surface area contributed by atoms with E-state index in [0.29, 0.717) is 0 Å². The first-order chi connectivity index (χ1) is 7.47. The molecule has 0 saturated carbocycles. The average Bonchev–Trinajstić information content (AvgIpc) is 2.80. The van der Waals surface area contributed by atoms with Gasteiger partial charge in [0.25, 0.3) is 0 Å². The van der Waals surface area contributed by atoms with Crippen LogP contribution in [0.4, 0.5) is 0 Å². The molecule has 1 aromatic rings. The minimum atomic E-state index is 1.12. The van der Waals surface area contributed by atoms with Crippen molar-refractivity contribution in [1.82, 2.24) is 5.48 Å². The Morgan fingerprint density at radius 2 is 2.07 bits per heavy atom. The van der Waals surface area contributed by atoms with E-state index in [1.54, 1.807) is 18.5 Å². The Balaban J connectivity index is 0.000000124. The zero-order chi connectivity index (χ0) is 10.3. The molecule has 0 saturated heterocycles. The van der Waals surface area contributed by atoms with Crippen molar-refractivity contribution < 1.29 is 4.84 Å². The second kappa shape index (κ2) is 5.05. The molecule has 2 nitrogen and oxygen atoms in total. The van der Waals surface area contributed by atoms with Crippen LogP contribution < -0.4 is 5.48 Å². The number of benzene rings is 1. The van der Waals surface area contributed by atoms with Crippen LogP contribution >= 0.6 is 0 Å². The highest BCUT2D eigenvalue weighted by Crippen LogP contribution is 2.17. The normalized spacial score (nSPS) is 14.7. The van der Waals surface area contributed by atoms with Crippen molar-refractivity contribution >= 4 is 6.08 Å². The van der Waals surface area contributed by atoms with Crippen LogP contribution in [0.15, 0.2) is 55.0 Å². The molecule has 0 amide bonds. The predicted molar refractivity (Wildman–Crippen MR) is 61.7 cm³/mol. The number of allylic oxidation sites excluding steroid dienone is 3. The van der Waals surface area contributed by atoms with Crippen LogP contribution in [0.1, 0.15) is 11.1 Å².